The van der Waals surface area contributed by atoms with E-state index in [-0.39, 0.29) is 11.6 Å². The maximum atomic E-state index is 12.7. The summed E-state index contributed by atoms with van der Waals surface area (Å²) in [4.78, 5) is 33.8. The first kappa shape index (κ1) is 19.4. The fraction of sp³-hybridized carbons (Fsp3) is 0.150. The topological polar surface area (TPSA) is 95.6 Å². The van der Waals surface area contributed by atoms with Gasteiger partial charge in [-0.05, 0) is 49.7 Å². The van der Waals surface area contributed by atoms with Crippen molar-refractivity contribution in [2.45, 2.75) is 24.3 Å². The molecule has 1 amide bonds. The van der Waals surface area contributed by atoms with Crippen LogP contribution in [0.1, 0.15) is 12.5 Å². The Morgan fingerprint density at radius 2 is 2.03 bits per heavy atom. The van der Waals surface area contributed by atoms with Crippen LogP contribution in [0.3, 0.4) is 0 Å². The Labute approximate surface area is 175 Å². The second-order valence-electron chi connectivity index (χ2n) is 6.55. The summed E-state index contributed by atoms with van der Waals surface area (Å²) in [5, 5.41) is 3.86. The number of benzene rings is 2. The van der Waals surface area contributed by atoms with Crippen molar-refractivity contribution >= 4 is 46.0 Å². The van der Waals surface area contributed by atoms with E-state index in [0.29, 0.717) is 26.9 Å². The van der Waals surface area contributed by atoms with Crippen LogP contribution in [0, 0.1) is 6.92 Å². The molecule has 1 atom stereocenters. The number of nitrogens with zero attached hydrogens (tertiary/aromatic N) is 2. The summed E-state index contributed by atoms with van der Waals surface area (Å²) >= 11 is 7.60. The molecule has 0 aliphatic rings. The number of anilines is 1. The SMILES string of the molecule is Cc1c(Cl)cccc1-n1ccnc1S[C@@H](C)C(=O)Nc1ccc2[nH]c(=O)[nH]c2c1. The van der Waals surface area contributed by atoms with Gasteiger partial charge in [0.1, 0.15) is 0 Å². The number of hydrogen-bond donors (Lipinski definition) is 3. The second-order valence-corrected chi connectivity index (χ2v) is 8.27. The number of imidazole rings is 2. The van der Waals surface area contributed by atoms with Crippen LogP contribution in [0.4, 0.5) is 5.69 Å². The number of rotatable bonds is 5. The van der Waals surface area contributed by atoms with Crippen LogP contribution >= 0.6 is 23.4 Å². The lowest BCUT2D eigenvalue weighted by Gasteiger charge is -2.15. The Balaban J connectivity index is 1.51. The zero-order chi connectivity index (χ0) is 20.5. The molecule has 0 radical (unpaired) electrons. The largest absolute Gasteiger partial charge is 0.325 e. The van der Waals surface area contributed by atoms with Gasteiger partial charge in [-0.25, -0.2) is 9.78 Å². The number of fused-ring (bicyclic) bond motifs is 1. The summed E-state index contributed by atoms with van der Waals surface area (Å²) in [5.74, 6) is -0.162. The van der Waals surface area contributed by atoms with Gasteiger partial charge in [0.05, 0.1) is 22.0 Å². The Morgan fingerprint density at radius 1 is 1.24 bits per heavy atom. The van der Waals surface area contributed by atoms with Gasteiger partial charge in [0.2, 0.25) is 5.91 Å². The van der Waals surface area contributed by atoms with Gasteiger partial charge in [-0.2, -0.15) is 0 Å². The first-order chi connectivity index (χ1) is 13.9. The molecule has 7 nitrogen and oxygen atoms in total. The number of carbonyl (C=O) groups is 1. The van der Waals surface area contributed by atoms with E-state index in [9.17, 15) is 9.59 Å². The Bertz CT molecular complexity index is 1260. The van der Waals surface area contributed by atoms with Crippen LogP contribution in [0.5, 0.6) is 0 Å². The Kier molecular flexibility index (Phi) is 5.21. The fourth-order valence-corrected chi connectivity index (χ4v) is 4.03. The van der Waals surface area contributed by atoms with Crippen molar-refractivity contribution in [1.29, 1.82) is 0 Å². The number of amides is 1. The van der Waals surface area contributed by atoms with E-state index >= 15 is 0 Å². The maximum Gasteiger partial charge on any atom is 0.323 e. The number of nitrogens with one attached hydrogen (secondary N) is 3. The molecule has 0 unspecified atom stereocenters. The van der Waals surface area contributed by atoms with E-state index in [1.54, 1.807) is 24.4 Å². The van der Waals surface area contributed by atoms with Crippen molar-refractivity contribution in [3.63, 3.8) is 0 Å². The van der Waals surface area contributed by atoms with Crippen LogP contribution in [-0.2, 0) is 4.79 Å². The van der Waals surface area contributed by atoms with Crippen molar-refractivity contribution in [1.82, 2.24) is 19.5 Å². The number of H-pyrrole nitrogens is 2. The van der Waals surface area contributed by atoms with Crippen molar-refractivity contribution in [2.75, 3.05) is 5.32 Å². The van der Waals surface area contributed by atoms with Gasteiger partial charge < -0.3 is 15.3 Å². The summed E-state index contributed by atoms with van der Waals surface area (Å²) in [5.41, 5.74) is 3.52. The van der Waals surface area contributed by atoms with Gasteiger partial charge in [0.25, 0.3) is 0 Å². The van der Waals surface area contributed by atoms with Gasteiger partial charge in [-0.15, -0.1) is 0 Å². The zero-order valence-electron chi connectivity index (χ0n) is 15.7. The lowest BCUT2D eigenvalue weighted by molar-refractivity contribution is -0.115. The van der Waals surface area contributed by atoms with Crippen molar-refractivity contribution < 1.29 is 4.79 Å². The highest BCUT2D eigenvalue weighted by Gasteiger charge is 2.19. The highest BCUT2D eigenvalue weighted by Crippen LogP contribution is 2.29. The molecule has 2 aromatic carbocycles. The number of halogens is 1. The maximum absolute atomic E-state index is 12.7. The van der Waals surface area contributed by atoms with Crippen molar-refractivity contribution in [3.8, 4) is 5.69 Å². The van der Waals surface area contributed by atoms with Crippen LogP contribution in [0.25, 0.3) is 16.7 Å². The average Bonchev–Trinajstić information content (AvgIpc) is 3.29. The number of carbonyl (C=O) groups excluding carboxylic acids is 1. The number of hydrogen-bond acceptors (Lipinski definition) is 4. The third kappa shape index (κ3) is 3.94. The van der Waals surface area contributed by atoms with E-state index in [0.717, 1.165) is 11.3 Å². The zero-order valence-corrected chi connectivity index (χ0v) is 17.3. The van der Waals surface area contributed by atoms with Gasteiger partial charge in [-0.1, -0.05) is 29.4 Å². The molecule has 0 aliphatic heterocycles. The predicted octanol–water partition coefficient (Wildman–Crippen LogP) is 4.12. The van der Waals surface area contributed by atoms with Crippen LogP contribution < -0.4 is 11.0 Å². The molecule has 0 saturated heterocycles. The highest BCUT2D eigenvalue weighted by molar-refractivity contribution is 8.00. The number of aromatic amines is 2. The summed E-state index contributed by atoms with van der Waals surface area (Å²) < 4.78 is 1.92. The van der Waals surface area contributed by atoms with E-state index < -0.39 is 5.25 Å². The summed E-state index contributed by atoms with van der Waals surface area (Å²) in [6.45, 7) is 3.77. The molecule has 148 valence electrons. The molecule has 0 bridgehead atoms. The smallest absolute Gasteiger partial charge is 0.323 e. The van der Waals surface area contributed by atoms with Gasteiger partial charge in [0, 0.05) is 23.1 Å². The predicted molar refractivity (Wildman–Crippen MR) is 116 cm³/mol. The van der Waals surface area contributed by atoms with Crippen LogP contribution in [-0.4, -0.2) is 30.7 Å². The first-order valence-electron chi connectivity index (χ1n) is 8.91. The highest BCUT2D eigenvalue weighted by atomic mass is 35.5. The molecule has 2 heterocycles. The third-order valence-corrected chi connectivity index (χ3v) is 6.03. The molecule has 3 N–H and O–H groups in total. The lowest BCUT2D eigenvalue weighted by atomic mass is 10.2. The molecule has 29 heavy (non-hydrogen) atoms. The summed E-state index contributed by atoms with van der Waals surface area (Å²) in [6, 6.07) is 10.9. The third-order valence-electron chi connectivity index (χ3n) is 4.54. The standard InChI is InChI=1S/C20H18ClN5O2S/c1-11-14(21)4-3-5-17(11)26-9-8-22-20(26)29-12(2)18(27)23-13-6-7-15-16(10-13)25-19(28)24-15/h3-10,12H,1-2H3,(H,23,27)(H2,24,25,28)/t12-/m0/s1. The average molecular weight is 428 g/mol. The van der Waals surface area contributed by atoms with Crippen molar-refractivity contribution in [2.24, 2.45) is 0 Å². The monoisotopic (exact) mass is 427 g/mol. The lowest BCUT2D eigenvalue weighted by Crippen LogP contribution is -2.22. The van der Waals surface area contributed by atoms with Gasteiger partial charge in [0.15, 0.2) is 5.16 Å². The number of aromatic nitrogens is 4. The normalized spacial score (nSPS) is 12.2. The molecule has 0 saturated carbocycles. The van der Waals surface area contributed by atoms with Gasteiger partial charge in [-0.3, -0.25) is 9.36 Å². The first-order valence-corrected chi connectivity index (χ1v) is 10.2. The molecule has 9 heteroatoms. The number of thioether (sulfide) groups is 1. The van der Waals surface area contributed by atoms with E-state index in [1.807, 2.05) is 42.8 Å². The van der Waals surface area contributed by atoms with E-state index in [2.05, 4.69) is 20.3 Å². The summed E-state index contributed by atoms with van der Waals surface area (Å²) in [6.07, 6.45) is 3.55. The van der Waals surface area contributed by atoms with E-state index in [4.69, 9.17) is 11.6 Å². The molecule has 0 fully saturated rings. The fourth-order valence-electron chi connectivity index (χ4n) is 2.98. The van der Waals surface area contributed by atoms with Gasteiger partial charge >= 0.3 is 5.69 Å². The molecule has 0 spiro atoms. The molecule has 0 aliphatic carbocycles. The Morgan fingerprint density at radius 3 is 2.86 bits per heavy atom. The summed E-state index contributed by atoms with van der Waals surface area (Å²) in [7, 11) is 0. The van der Waals surface area contributed by atoms with Crippen molar-refractivity contribution in [3.05, 3.63) is 69.9 Å². The molecule has 4 aromatic rings. The molecule has 4 rings (SSSR count). The minimum atomic E-state index is -0.392. The quantitative estimate of drug-likeness (QED) is 0.417. The van der Waals surface area contributed by atoms with Crippen LogP contribution in [0.15, 0.2) is 58.7 Å². The molecule has 2 aromatic heterocycles. The van der Waals surface area contributed by atoms with Crippen LogP contribution in [0.2, 0.25) is 5.02 Å². The second kappa shape index (κ2) is 7.81. The minimum absolute atomic E-state index is 0.162. The van der Waals surface area contributed by atoms with E-state index in [1.165, 1.54) is 11.8 Å². The Hall–Kier alpha value is -2.97. The minimum Gasteiger partial charge on any atom is -0.325 e. The molecular formula is C20H18ClN5O2S. The molecular weight excluding hydrogens is 410 g/mol.